The molecule has 2 unspecified atom stereocenters. The molecular weight excluding hydrogens is 547 g/mol. The lowest BCUT2D eigenvalue weighted by Gasteiger charge is -2.29. The van der Waals surface area contributed by atoms with Crippen LogP contribution in [0.3, 0.4) is 0 Å². The summed E-state index contributed by atoms with van der Waals surface area (Å²) in [5, 5.41) is 5.55. The van der Waals surface area contributed by atoms with E-state index in [1.165, 1.54) is 0 Å². The van der Waals surface area contributed by atoms with Crippen molar-refractivity contribution in [3.8, 4) is 0 Å². The Bertz CT molecular complexity index is 1560. The van der Waals surface area contributed by atoms with Gasteiger partial charge in [0.1, 0.15) is 0 Å². The van der Waals surface area contributed by atoms with Crippen LogP contribution in [0, 0.1) is 18.8 Å². The average molecular weight is 580 g/mol. The van der Waals surface area contributed by atoms with Gasteiger partial charge in [-0.1, -0.05) is 31.2 Å². The summed E-state index contributed by atoms with van der Waals surface area (Å²) in [4.78, 5) is 33.2. The highest BCUT2D eigenvalue weighted by Crippen LogP contribution is 2.38. The topological polar surface area (TPSA) is 90.7 Å². The molecule has 1 aromatic heterocycles. The van der Waals surface area contributed by atoms with E-state index in [4.69, 9.17) is 4.42 Å². The molecule has 1 saturated heterocycles. The van der Waals surface area contributed by atoms with E-state index in [9.17, 15) is 22.8 Å². The molecule has 0 radical (unpaired) electrons. The largest absolute Gasteiger partial charge is 0.437 e. The number of nitrogens with zero attached hydrogens (tertiary/aromatic N) is 3. The van der Waals surface area contributed by atoms with Crippen molar-refractivity contribution in [3.63, 3.8) is 0 Å². The van der Waals surface area contributed by atoms with Gasteiger partial charge in [0.2, 0.25) is 11.7 Å². The highest BCUT2D eigenvalue weighted by molar-refractivity contribution is 6.03. The lowest BCUT2D eigenvalue weighted by molar-refractivity contribution is -0.141. The minimum absolute atomic E-state index is 0.0552. The van der Waals surface area contributed by atoms with E-state index in [2.05, 4.69) is 20.5 Å². The van der Waals surface area contributed by atoms with E-state index < -0.39 is 23.5 Å². The lowest BCUT2D eigenvalue weighted by atomic mass is 10.0. The molecule has 2 amide bonds. The lowest BCUT2D eigenvalue weighted by Crippen LogP contribution is -2.34. The minimum atomic E-state index is -4.83. The standard InChI is InChI=1S/C31H32F3N5O3/c1-18-6-5-12-39(16-18)30-37-27(31(32,33)34)26(42-30)29(41)35-22-9-10-25-20(14-22)11-13-38(25)17-21-15-23(21)28(40)36-24-8-4-3-7-19(24)2/h3-4,7-10,14-15,18,23H,5-6,11-13,16-17H2,1-2H3,(H,35,41)(H,36,40). The summed E-state index contributed by atoms with van der Waals surface area (Å²) in [5.74, 6) is -1.84. The number of aromatic nitrogens is 1. The molecular formula is C31H32F3N5O3. The number of hydrogen-bond acceptors (Lipinski definition) is 6. The van der Waals surface area contributed by atoms with E-state index in [1.54, 1.807) is 17.0 Å². The second kappa shape index (κ2) is 10.8. The van der Waals surface area contributed by atoms with Gasteiger partial charge >= 0.3 is 6.18 Å². The van der Waals surface area contributed by atoms with E-state index in [0.29, 0.717) is 37.7 Å². The summed E-state index contributed by atoms with van der Waals surface area (Å²) >= 11 is 0. The Morgan fingerprint density at radius 1 is 1.12 bits per heavy atom. The van der Waals surface area contributed by atoms with Crippen molar-refractivity contribution in [1.29, 1.82) is 0 Å². The van der Waals surface area contributed by atoms with Crippen molar-refractivity contribution in [2.24, 2.45) is 11.8 Å². The van der Waals surface area contributed by atoms with Gasteiger partial charge < -0.3 is 24.9 Å². The molecule has 3 aliphatic rings. The van der Waals surface area contributed by atoms with Crippen LogP contribution >= 0.6 is 0 Å². The summed E-state index contributed by atoms with van der Waals surface area (Å²) in [6.45, 7) is 6.35. The van der Waals surface area contributed by atoms with Gasteiger partial charge in [-0.25, -0.2) is 0 Å². The molecule has 3 aromatic rings. The Morgan fingerprint density at radius 2 is 1.93 bits per heavy atom. The third-order valence-electron chi connectivity index (χ3n) is 8.08. The molecule has 2 aliphatic heterocycles. The third-order valence-corrected chi connectivity index (χ3v) is 8.08. The molecule has 1 aliphatic carbocycles. The predicted molar refractivity (Wildman–Crippen MR) is 154 cm³/mol. The number of para-hydroxylation sites is 1. The summed E-state index contributed by atoms with van der Waals surface area (Å²) in [6.07, 6.45) is -0.375. The Morgan fingerprint density at radius 3 is 2.69 bits per heavy atom. The van der Waals surface area contributed by atoms with Crippen LogP contribution in [0.15, 0.2) is 58.5 Å². The average Bonchev–Trinajstić information content (AvgIpc) is 3.37. The van der Waals surface area contributed by atoms with Crippen molar-refractivity contribution >= 4 is 34.9 Å². The van der Waals surface area contributed by atoms with Gasteiger partial charge in [0.15, 0.2) is 5.69 Å². The van der Waals surface area contributed by atoms with Gasteiger partial charge in [-0.2, -0.15) is 18.2 Å². The monoisotopic (exact) mass is 579 g/mol. The molecule has 42 heavy (non-hydrogen) atoms. The molecule has 220 valence electrons. The fourth-order valence-electron chi connectivity index (χ4n) is 5.76. The maximum Gasteiger partial charge on any atom is 0.437 e. The van der Waals surface area contributed by atoms with Crippen LogP contribution < -0.4 is 20.4 Å². The first-order valence-corrected chi connectivity index (χ1v) is 14.2. The number of carbonyl (C=O) groups is 2. The molecule has 0 bridgehead atoms. The number of aryl methyl sites for hydroxylation is 1. The first kappa shape index (κ1) is 27.9. The fourth-order valence-corrected chi connectivity index (χ4v) is 5.76. The maximum absolute atomic E-state index is 13.8. The first-order chi connectivity index (χ1) is 20.1. The maximum atomic E-state index is 13.8. The van der Waals surface area contributed by atoms with Gasteiger partial charge in [-0.05, 0) is 73.1 Å². The number of amides is 2. The highest BCUT2D eigenvalue weighted by Gasteiger charge is 2.42. The number of piperidine rings is 1. The van der Waals surface area contributed by atoms with Crippen LogP contribution in [0.1, 0.15) is 47.1 Å². The molecule has 3 heterocycles. The van der Waals surface area contributed by atoms with Crippen molar-refractivity contribution < 1.29 is 27.2 Å². The highest BCUT2D eigenvalue weighted by atomic mass is 19.4. The molecule has 0 saturated carbocycles. The number of carbonyl (C=O) groups excluding carboxylic acids is 2. The first-order valence-electron chi connectivity index (χ1n) is 14.2. The zero-order chi connectivity index (χ0) is 29.6. The molecule has 0 spiro atoms. The van der Waals surface area contributed by atoms with Gasteiger partial charge in [-0.3, -0.25) is 9.59 Å². The van der Waals surface area contributed by atoms with E-state index >= 15 is 0 Å². The van der Waals surface area contributed by atoms with Crippen molar-refractivity contribution in [3.05, 3.63) is 76.7 Å². The zero-order valence-corrected chi connectivity index (χ0v) is 23.4. The summed E-state index contributed by atoms with van der Waals surface area (Å²) in [7, 11) is 0. The summed E-state index contributed by atoms with van der Waals surface area (Å²) in [5.41, 5.74) is 3.82. The zero-order valence-electron chi connectivity index (χ0n) is 23.4. The quantitative estimate of drug-likeness (QED) is 0.332. The number of benzene rings is 2. The van der Waals surface area contributed by atoms with Gasteiger partial charge in [-0.15, -0.1) is 0 Å². The molecule has 2 aromatic carbocycles. The van der Waals surface area contributed by atoms with Gasteiger partial charge in [0, 0.05) is 43.2 Å². The van der Waals surface area contributed by atoms with Crippen molar-refractivity contribution in [2.75, 3.05) is 46.6 Å². The Labute approximate surface area is 241 Å². The predicted octanol–water partition coefficient (Wildman–Crippen LogP) is 6.05. The SMILES string of the molecule is Cc1ccccc1NC(=O)C1C=C1CN1CCc2cc(NC(=O)c3oc(N4CCCC(C)C4)nc3C(F)(F)F)ccc21. The molecule has 1 fully saturated rings. The number of rotatable bonds is 7. The van der Waals surface area contributed by atoms with Crippen LogP contribution in [-0.2, 0) is 17.4 Å². The number of oxazole rings is 1. The second-order valence-corrected chi connectivity index (χ2v) is 11.4. The van der Waals surface area contributed by atoms with E-state index in [-0.39, 0.29) is 17.8 Å². The van der Waals surface area contributed by atoms with Crippen LogP contribution in [0.5, 0.6) is 0 Å². The van der Waals surface area contributed by atoms with Gasteiger partial charge in [0.25, 0.3) is 11.9 Å². The summed E-state index contributed by atoms with van der Waals surface area (Å²) < 4.78 is 46.8. The number of fused-ring (bicyclic) bond motifs is 1. The van der Waals surface area contributed by atoms with Crippen LogP contribution in [0.4, 0.5) is 36.2 Å². The number of hydrogen-bond donors (Lipinski definition) is 2. The van der Waals surface area contributed by atoms with Crippen LogP contribution in [0.2, 0.25) is 0 Å². The number of anilines is 4. The number of nitrogens with one attached hydrogen (secondary N) is 2. The molecule has 2 N–H and O–H groups in total. The molecule has 11 heteroatoms. The molecule has 6 rings (SSSR count). The van der Waals surface area contributed by atoms with Crippen LogP contribution in [-0.4, -0.2) is 43.0 Å². The van der Waals surface area contributed by atoms with E-state index in [0.717, 1.165) is 47.5 Å². The number of halogens is 3. The Kier molecular flexibility index (Phi) is 7.20. The summed E-state index contributed by atoms with van der Waals surface area (Å²) in [6, 6.07) is 12.7. The minimum Gasteiger partial charge on any atom is -0.417 e. The third kappa shape index (κ3) is 5.73. The molecule has 2 atom stereocenters. The second-order valence-electron chi connectivity index (χ2n) is 11.4. The van der Waals surface area contributed by atoms with Gasteiger partial charge in [0.05, 0.1) is 5.92 Å². The normalized spacial score (nSPS) is 19.8. The van der Waals surface area contributed by atoms with Crippen molar-refractivity contribution in [2.45, 2.75) is 39.3 Å². The molecule has 8 nitrogen and oxygen atoms in total. The Hall–Kier alpha value is -4.28. The van der Waals surface area contributed by atoms with Crippen molar-refractivity contribution in [1.82, 2.24) is 4.98 Å². The number of alkyl halides is 3. The van der Waals surface area contributed by atoms with E-state index in [1.807, 2.05) is 50.3 Å². The van der Waals surface area contributed by atoms with Crippen LogP contribution in [0.25, 0.3) is 0 Å². The fraction of sp³-hybridized carbons (Fsp3) is 0.387. The Balaban J connectivity index is 1.10. The smallest absolute Gasteiger partial charge is 0.417 e.